The second-order valence-electron chi connectivity index (χ2n) is 4.92. The summed E-state index contributed by atoms with van der Waals surface area (Å²) in [5.41, 5.74) is 12.6. The van der Waals surface area contributed by atoms with Gasteiger partial charge in [-0.25, -0.2) is 0 Å². The van der Waals surface area contributed by atoms with Gasteiger partial charge in [-0.2, -0.15) is 5.10 Å². The monoisotopic (exact) mass is 231 g/mol. The molecule has 0 bridgehead atoms. The zero-order valence-electron chi connectivity index (χ0n) is 10.6. The quantitative estimate of drug-likeness (QED) is 0.836. The van der Waals surface area contributed by atoms with Crippen LogP contribution in [0.1, 0.15) is 49.8 Å². The number of nitrogens with two attached hydrogens (primary N) is 1. The zero-order valence-corrected chi connectivity index (χ0v) is 10.6. The van der Waals surface area contributed by atoms with Crippen molar-refractivity contribution < 1.29 is 0 Å². The molecule has 0 radical (unpaired) electrons. The fraction of sp³-hybridized carbons (Fsp3) is 0.500. The van der Waals surface area contributed by atoms with Crippen LogP contribution in [0, 0.1) is 0 Å². The molecule has 1 aromatic rings. The summed E-state index contributed by atoms with van der Waals surface area (Å²) >= 11 is 0. The number of rotatable bonds is 4. The van der Waals surface area contributed by atoms with Gasteiger partial charge >= 0.3 is 0 Å². The number of hydrogen-bond donors (Lipinski definition) is 2. The molecule has 1 aromatic carbocycles. The van der Waals surface area contributed by atoms with Crippen molar-refractivity contribution in [3.8, 4) is 0 Å². The van der Waals surface area contributed by atoms with Gasteiger partial charge in [0.05, 0.1) is 6.04 Å². The molecule has 0 spiro atoms. The van der Waals surface area contributed by atoms with Crippen molar-refractivity contribution in [3.05, 3.63) is 35.4 Å². The second kappa shape index (κ2) is 5.32. The highest BCUT2D eigenvalue weighted by molar-refractivity contribution is 5.86. The van der Waals surface area contributed by atoms with E-state index in [-0.39, 0.29) is 0 Å². The predicted molar refractivity (Wildman–Crippen MR) is 72.1 cm³/mol. The van der Waals surface area contributed by atoms with E-state index < -0.39 is 0 Å². The Morgan fingerprint density at radius 2 is 2.06 bits per heavy atom. The van der Waals surface area contributed by atoms with Gasteiger partial charge in [0.15, 0.2) is 0 Å². The molecule has 17 heavy (non-hydrogen) atoms. The molecule has 0 amide bonds. The Morgan fingerprint density at radius 3 is 2.65 bits per heavy atom. The topological polar surface area (TPSA) is 50.4 Å². The maximum Gasteiger partial charge on any atom is 0.0742 e. The van der Waals surface area contributed by atoms with Gasteiger partial charge in [-0.15, -0.1) is 0 Å². The summed E-state index contributed by atoms with van der Waals surface area (Å²) < 4.78 is 0. The van der Waals surface area contributed by atoms with E-state index in [1.807, 2.05) is 0 Å². The average molecular weight is 231 g/mol. The lowest BCUT2D eigenvalue weighted by Gasteiger charge is -2.12. The van der Waals surface area contributed by atoms with Gasteiger partial charge in [-0.3, -0.25) is 0 Å². The fourth-order valence-electron chi connectivity index (χ4n) is 2.13. The lowest BCUT2D eigenvalue weighted by Crippen LogP contribution is -2.10. The van der Waals surface area contributed by atoms with Crippen molar-refractivity contribution in [2.75, 3.05) is 6.54 Å². The number of nitrogens with one attached hydrogen (secondary N) is 1. The van der Waals surface area contributed by atoms with E-state index in [9.17, 15) is 0 Å². The molecule has 1 heterocycles. The van der Waals surface area contributed by atoms with Gasteiger partial charge < -0.3 is 11.2 Å². The molecule has 0 aromatic heterocycles. The maximum atomic E-state index is 5.54. The summed E-state index contributed by atoms with van der Waals surface area (Å²) in [6.07, 6.45) is 1.88. The van der Waals surface area contributed by atoms with Gasteiger partial charge in [-0.1, -0.05) is 38.1 Å². The SMILES string of the molecule is CC(C)c1ccc(C2CC(CCN)=NN2)cc1. The van der Waals surface area contributed by atoms with E-state index in [1.165, 1.54) is 16.8 Å². The van der Waals surface area contributed by atoms with Crippen LogP contribution in [-0.2, 0) is 0 Å². The molecule has 3 N–H and O–H groups in total. The van der Waals surface area contributed by atoms with E-state index in [1.54, 1.807) is 0 Å². The lowest BCUT2D eigenvalue weighted by molar-refractivity contribution is 0.619. The molecule has 92 valence electrons. The minimum Gasteiger partial charge on any atom is -0.330 e. The number of nitrogens with zero attached hydrogens (tertiary/aromatic N) is 1. The summed E-state index contributed by atoms with van der Waals surface area (Å²) in [5, 5.41) is 4.33. The van der Waals surface area contributed by atoms with Gasteiger partial charge in [0.25, 0.3) is 0 Å². The number of benzene rings is 1. The normalized spacial score (nSPS) is 19.3. The molecule has 2 rings (SSSR count). The summed E-state index contributed by atoms with van der Waals surface area (Å²) in [4.78, 5) is 0. The molecule has 0 saturated carbocycles. The molecule has 1 unspecified atom stereocenters. The highest BCUT2D eigenvalue weighted by Crippen LogP contribution is 2.24. The first kappa shape index (κ1) is 12.1. The summed E-state index contributed by atoms with van der Waals surface area (Å²) in [6, 6.07) is 9.16. The Morgan fingerprint density at radius 1 is 1.35 bits per heavy atom. The van der Waals surface area contributed by atoms with Gasteiger partial charge in [-0.05, 0) is 30.0 Å². The molecular formula is C14H21N3. The van der Waals surface area contributed by atoms with E-state index in [0.717, 1.165) is 12.8 Å². The van der Waals surface area contributed by atoms with Crippen molar-refractivity contribution in [1.29, 1.82) is 0 Å². The Kier molecular flexibility index (Phi) is 3.79. The highest BCUT2D eigenvalue weighted by atomic mass is 15.3. The molecule has 0 fully saturated rings. The first-order valence-corrected chi connectivity index (χ1v) is 6.31. The molecule has 3 nitrogen and oxygen atoms in total. The van der Waals surface area contributed by atoms with E-state index in [4.69, 9.17) is 5.73 Å². The van der Waals surface area contributed by atoms with E-state index in [0.29, 0.717) is 18.5 Å². The van der Waals surface area contributed by atoms with Gasteiger partial charge in [0.1, 0.15) is 0 Å². The second-order valence-corrected chi connectivity index (χ2v) is 4.92. The summed E-state index contributed by atoms with van der Waals surface area (Å²) in [6.45, 7) is 5.11. The molecule has 0 aliphatic carbocycles. The van der Waals surface area contributed by atoms with Crippen molar-refractivity contribution in [3.63, 3.8) is 0 Å². The summed E-state index contributed by atoms with van der Waals surface area (Å²) in [5.74, 6) is 0.588. The van der Waals surface area contributed by atoms with Crippen LogP contribution in [0.2, 0.25) is 0 Å². The predicted octanol–water partition coefficient (Wildman–Crippen LogP) is 2.55. The average Bonchev–Trinajstić information content (AvgIpc) is 2.78. The van der Waals surface area contributed by atoms with Gasteiger partial charge in [0, 0.05) is 12.1 Å². The van der Waals surface area contributed by atoms with Crippen LogP contribution < -0.4 is 11.2 Å². The largest absolute Gasteiger partial charge is 0.330 e. The Bertz CT molecular complexity index is 392. The van der Waals surface area contributed by atoms with Crippen LogP contribution in [-0.4, -0.2) is 12.3 Å². The van der Waals surface area contributed by atoms with Crippen LogP contribution >= 0.6 is 0 Å². The van der Waals surface area contributed by atoms with E-state index in [2.05, 4.69) is 48.6 Å². The number of hydrazone groups is 1. The summed E-state index contributed by atoms with van der Waals surface area (Å²) in [7, 11) is 0. The number of hydrogen-bond acceptors (Lipinski definition) is 3. The smallest absolute Gasteiger partial charge is 0.0742 e. The highest BCUT2D eigenvalue weighted by Gasteiger charge is 2.19. The van der Waals surface area contributed by atoms with Crippen molar-refractivity contribution in [2.24, 2.45) is 10.8 Å². The first-order valence-electron chi connectivity index (χ1n) is 6.31. The molecule has 0 saturated heterocycles. The van der Waals surface area contributed by atoms with E-state index >= 15 is 0 Å². The van der Waals surface area contributed by atoms with Crippen LogP contribution in [0.25, 0.3) is 0 Å². The molecule has 1 aliphatic heterocycles. The van der Waals surface area contributed by atoms with Crippen molar-refractivity contribution >= 4 is 5.71 Å². The first-order chi connectivity index (χ1) is 8.20. The Hall–Kier alpha value is -1.35. The third kappa shape index (κ3) is 2.86. The molecule has 1 aliphatic rings. The maximum absolute atomic E-state index is 5.54. The van der Waals surface area contributed by atoms with Gasteiger partial charge in [0.2, 0.25) is 0 Å². The molecule has 3 heteroatoms. The standard InChI is InChI=1S/C14H21N3/c1-10(2)11-3-5-12(6-4-11)14-9-13(7-8-15)16-17-14/h3-6,10,14,17H,7-9,15H2,1-2H3. The van der Waals surface area contributed by atoms with Crippen molar-refractivity contribution in [2.45, 2.75) is 38.6 Å². The molecular weight excluding hydrogens is 210 g/mol. The Balaban J connectivity index is 2.00. The van der Waals surface area contributed by atoms with Crippen LogP contribution in [0.5, 0.6) is 0 Å². The lowest BCUT2D eigenvalue weighted by atomic mass is 9.97. The minimum atomic E-state index is 0.331. The van der Waals surface area contributed by atoms with Crippen LogP contribution in [0.4, 0.5) is 0 Å². The minimum absolute atomic E-state index is 0.331. The third-order valence-electron chi connectivity index (χ3n) is 3.26. The zero-order chi connectivity index (χ0) is 12.3. The van der Waals surface area contributed by atoms with Crippen LogP contribution in [0.3, 0.4) is 0 Å². The van der Waals surface area contributed by atoms with Crippen LogP contribution in [0.15, 0.2) is 29.4 Å². The molecule has 1 atom stereocenters. The fourth-order valence-corrected chi connectivity index (χ4v) is 2.13. The third-order valence-corrected chi connectivity index (χ3v) is 3.26. The Labute approximate surface area is 103 Å². The van der Waals surface area contributed by atoms with Crippen molar-refractivity contribution in [1.82, 2.24) is 5.43 Å².